The Morgan fingerprint density at radius 1 is 1.18 bits per heavy atom. The first-order chi connectivity index (χ1) is 13.4. The van der Waals surface area contributed by atoms with Crippen molar-refractivity contribution >= 4 is 28.0 Å². The van der Waals surface area contributed by atoms with E-state index in [0.717, 1.165) is 28.6 Å². The van der Waals surface area contributed by atoms with Gasteiger partial charge >= 0.3 is 5.69 Å². The van der Waals surface area contributed by atoms with Gasteiger partial charge in [-0.05, 0) is 37.0 Å². The van der Waals surface area contributed by atoms with Crippen LogP contribution < -0.4 is 4.84 Å². The maximum Gasteiger partial charge on any atom is 0.321 e. The van der Waals surface area contributed by atoms with Gasteiger partial charge in [-0.3, -0.25) is 20.2 Å². The number of oxime groups is 1. The van der Waals surface area contributed by atoms with Gasteiger partial charge in [0.1, 0.15) is 0 Å². The van der Waals surface area contributed by atoms with Gasteiger partial charge in [-0.1, -0.05) is 30.3 Å². The number of rotatable bonds is 7. The minimum atomic E-state index is -0.734. The van der Waals surface area contributed by atoms with Crippen LogP contribution in [-0.4, -0.2) is 20.5 Å². The molecule has 0 aliphatic heterocycles. The average molecular weight is 382 g/mol. The number of nitro groups is 2. The summed E-state index contributed by atoms with van der Waals surface area (Å²) in [6.45, 7) is 3.82. The fourth-order valence-electron chi connectivity index (χ4n) is 3.06. The third-order valence-electron chi connectivity index (χ3n) is 4.40. The summed E-state index contributed by atoms with van der Waals surface area (Å²) in [5.74, 6) is 0.00467. The van der Waals surface area contributed by atoms with Crippen LogP contribution in [0.25, 0.3) is 10.9 Å². The molecule has 0 spiro atoms. The van der Waals surface area contributed by atoms with Crippen LogP contribution in [0.1, 0.15) is 31.7 Å². The Hall–Kier alpha value is -3.75. The van der Waals surface area contributed by atoms with Gasteiger partial charge in [-0.15, -0.1) is 0 Å². The van der Waals surface area contributed by atoms with Gasteiger partial charge < -0.3 is 9.82 Å². The quantitative estimate of drug-likeness (QED) is 0.352. The second-order valence-electron chi connectivity index (χ2n) is 6.48. The zero-order valence-corrected chi connectivity index (χ0v) is 15.3. The standard InChI is InChI=1S/C19H18N4O5/c1-12(16-11-20-17-6-4-3-5-15(16)17)9-13(2)21-28-19-8-7-14(22(24)25)10-18(19)23(26)27/h3-8,10-12,20H,9H2,1-2H3/b21-13+. The maximum absolute atomic E-state index is 11.1. The largest absolute Gasteiger partial charge is 0.361 e. The Labute approximate surface area is 159 Å². The molecule has 2 aromatic carbocycles. The lowest BCUT2D eigenvalue weighted by molar-refractivity contribution is -0.394. The number of nitrogens with one attached hydrogen (secondary N) is 1. The van der Waals surface area contributed by atoms with E-state index >= 15 is 0 Å². The third-order valence-corrected chi connectivity index (χ3v) is 4.40. The van der Waals surface area contributed by atoms with E-state index < -0.39 is 15.5 Å². The number of benzene rings is 2. The molecule has 0 fully saturated rings. The SMILES string of the molecule is C/C(CC(C)c1c[nH]c2ccccc12)=N\Oc1ccc([N+](=O)[O-])cc1[N+](=O)[O-]. The van der Waals surface area contributed by atoms with E-state index in [4.69, 9.17) is 4.84 Å². The van der Waals surface area contributed by atoms with Crippen molar-refractivity contribution in [2.45, 2.75) is 26.2 Å². The smallest absolute Gasteiger partial charge is 0.321 e. The lowest BCUT2D eigenvalue weighted by Gasteiger charge is -2.10. The second-order valence-corrected chi connectivity index (χ2v) is 6.48. The van der Waals surface area contributed by atoms with Crippen LogP contribution >= 0.6 is 0 Å². The van der Waals surface area contributed by atoms with Crippen LogP contribution in [0.3, 0.4) is 0 Å². The normalized spacial score (nSPS) is 12.7. The minimum absolute atomic E-state index is 0.144. The summed E-state index contributed by atoms with van der Waals surface area (Å²) < 4.78 is 0. The molecule has 28 heavy (non-hydrogen) atoms. The highest BCUT2D eigenvalue weighted by molar-refractivity contribution is 5.86. The number of aromatic amines is 1. The van der Waals surface area contributed by atoms with Crippen molar-refractivity contribution < 1.29 is 14.7 Å². The summed E-state index contributed by atoms with van der Waals surface area (Å²) in [6.07, 6.45) is 2.55. The van der Waals surface area contributed by atoms with Crippen molar-refractivity contribution in [3.05, 3.63) is 74.5 Å². The Bertz CT molecular complexity index is 1070. The molecule has 0 bridgehead atoms. The molecule has 1 atom stereocenters. The summed E-state index contributed by atoms with van der Waals surface area (Å²) in [6, 6.07) is 11.2. The molecule has 0 saturated carbocycles. The zero-order chi connectivity index (χ0) is 20.3. The highest BCUT2D eigenvalue weighted by Crippen LogP contribution is 2.32. The van der Waals surface area contributed by atoms with E-state index in [2.05, 4.69) is 17.1 Å². The molecule has 0 amide bonds. The maximum atomic E-state index is 11.1. The van der Waals surface area contributed by atoms with E-state index in [1.807, 2.05) is 30.5 Å². The molecule has 1 N–H and O–H groups in total. The summed E-state index contributed by atoms with van der Waals surface area (Å²) in [7, 11) is 0. The van der Waals surface area contributed by atoms with Crippen molar-refractivity contribution in [2.75, 3.05) is 0 Å². The molecule has 0 aliphatic carbocycles. The first-order valence-corrected chi connectivity index (χ1v) is 8.56. The van der Waals surface area contributed by atoms with Gasteiger partial charge in [0.25, 0.3) is 5.69 Å². The highest BCUT2D eigenvalue weighted by atomic mass is 16.7. The van der Waals surface area contributed by atoms with Crippen LogP contribution in [-0.2, 0) is 0 Å². The molecule has 0 saturated heterocycles. The topological polar surface area (TPSA) is 124 Å². The summed E-state index contributed by atoms with van der Waals surface area (Å²) in [5, 5.41) is 27.1. The van der Waals surface area contributed by atoms with Gasteiger partial charge in [0.05, 0.1) is 21.6 Å². The fourth-order valence-corrected chi connectivity index (χ4v) is 3.06. The number of fused-ring (bicyclic) bond motifs is 1. The van der Waals surface area contributed by atoms with Gasteiger partial charge in [0.2, 0.25) is 5.75 Å². The van der Waals surface area contributed by atoms with Crippen LogP contribution in [0, 0.1) is 20.2 Å². The molecular weight excluding hydrogens is 364 g/mol. The first kappa shape index (κ1) is 19.0. The molecule has 3 aromatic rings. The molecule has 144 valence electrons. The number of nitro benzene ring substituents is 2. The Morgan fingerprint density at radius 3 is 2.64 bits per heavy atom. The van der Waals surface area contributed by atoms with Crippen LogP contribution in [0.5, 0.6) is 5.75 Å². The van der Waals surface area contributed by atoms with Crippen LogP contribution in [0.4, 0.5) is 11.4 Å². The van der Waals surface area contributed by atoms with Gasteiger partial charge in [-0.25, -0.2) is 0 Å². The number of hydrogen-bond acceptors (Lipinski definition) is 6. The molecular formula is C19H18N4O5. The first-order valence-electron chi connectivity index (χ1n) is 8.56. The van der Waals surface area contributed by atoms with Crippen LogP contribution in [0.2, 0.25) is 0 Å². The Morgan fingerprint density at radius 2 is 1.93 bits per heavy atom. The molecule has 1 heterocycles. The number of nitrogens with zero attached hydrogens (tertiary/aromatic N) is 3. The molecule has 9 heteroatoms. The number of aromatic nitrogens is 1. The lowest BCUT2D eigenvalue weighted by atomic mass is 9.95. The highest BCUT2D eigenvalue weighted by Gasteiger charge is 2.21. The molecule has 3 rings (SSSR count). The molecule has 1 unspecified atom stereocenters. The summed E-state index contributed by atoms with van der Waals surface area (Å²) in [4.78, 5) is 29.0. The summed E-state index contributed by atoms with van der Waals surface area (Å²) >= 11 is 0. The average Bonchev–Trinajstić information content (AvgIpc) is 3.10. The number of non-ortho nitro benzene ring substituents is 1. The fraction of sp³-hybridized carbons (Fsp3) is 0.211. The summed E-state index contributed by atoms with van der Waals surface area (Å²) in [5.41, 5.74) is 1.96. The predicted molar refractivity (Wildman–Crippen MR) is 105 cm³/mol. The van der Waals surface area contributed by atoms with Gasteiger partial charge in [-0.2, -0.15) is 0 Å². The van der Waals surface area contributed by atoms with E-state index in [1.54, 1.807) is 6.92 Å². The monoisotopic (exact) mass is 382 g/mol. The minimum Gasteiger partial charge on any atom is -0.361 e. The lowest BCUT2D eigenvalue weighted by Crippen LogP contribution is -2.03. The van der Waals surface area contributed by atoms with Crippen molar-refractivity contribution in [3.8, 4) is 5.75 Å². The van der Waals surface area contributed by atoms with Crippen molar-refractivity contribution in [1.82, 2.24) is 4.98 Å². The van der Waals surface area contributed by atoms with E-state index in [9.17, 15) is 20.2 Å². The van der Waals surface area contributed by atoms with Crippen molar-refractivity contribution in [1.29, 1.82) is 0 Å². The van der Waals surface area contributed by atoms with E-state index in [0.29, 0.717) is 12.1 Å². The second kappa shape index (κ2) is 7.87. The van der Waals surface area contributed by atoms with Gasteiger partial charge in [0, 0.05) is 23.2 Å². The Kier molecular flexibility index (Phi) is 5.35. The molecule has 0 aliphatic rings. The number of para-hydroxylation sites is 1. The predicted octanol–water partition coefficient (Wildman–Crippen LogP) is 4.93. The van der Waals surface area contributed by atoms with Crippen molar-refractivity contribution in [3.63, 3.8) is 0 Å². The van der Waals surface area contributed by atoms with E-state index in [1.165, 1.54) is 6.07 Å². The number of H-pyrrole nitrogens is 1. The Balaban J connectivity index is 1.75. The zero-order valence-electron chi connectivity index (χ0n) is 15.3. The van der Waals surface area contributed by atoms with E-state index in [-0.39, 0.29) is 17.4 Å². The third kappa shape index (κ3) is 3.98. The van der Waals surface area contributed by atoms with Crippen molar-refractivity contribution in [2.24, 2.45) is 5.16 Å². The van der Waals surface area contributed by atoms with Crippen LogP contribution in [0.15, 0.2) is 53.8 Å². The number of hydrogen-bond donors (Lipinski definition) is 1. The molecule has 0 radical (unpaired) electrons. The molecule has 1 aromatic heterocycles. The molecule has 9 nitrogen and oxygen atoms in total. The van der Waals surface area contributed by atoms with Gasteiger partial charge in [0.15, 0.2) is 0 Å².